The molecular weight excluding hydrogens is 533 g/mol. The number of hydrogen-bond donors (Lipinski definition) is 2. The van der Waals surface area contributed by atoms with E-state index in [1.165, 1.54) is 16.7 Å². The molecule has 214 valence electrons. The monoisotopic (exact) mass is 567 g/mol. The van der Waals surface area contributed by atoms with Crippen LogP contribution < -0.4 is 15.7 Å². The summed E-state index contributed by atoms with van der Waals surface area (Å²) in [5.74, 6) is 3.56. The van der Waals surface area contributed by atoms with Crippen LogP contribution in [0.5, 0.6) is 5.75 Å². The summed E-state index contributed by atoms with van der Waals surface area (Å²) in [6.07, 6.45) is 7.35. The molecule has 2 aromatic carbocycles. The van der Waals surface area contributed by atoms with Gasteiger partial charge in [-0.3, -0.25) is 15.4 Å². The van der Waals surface area contributed by atoms with Gasteiger partial charge in [0.25, 0.3) is 0 Å². The molecule has 0 aromatic heterocycles. The molecule has 38 heavy (non-hydrogen) atoms. The molecule has 14 heteroatoms. The van der Waals surface area contributed by atoms with Crippen LogP contribution in [0.3, 0.4) is 0 Å². The van der Waals surface area contributed by atoms with Crippen molar-refractivity contribution in [1.29, 1.82) is 0 Å². The summed E-state index contributed by atoms with van der Waals surface area (Å²) < 4.78 is 64.6. The number of halogens is 6. The third-order valence-corrected chi connectivity index (χ3v) is 4.52. The van der Waals surface area contributed by atoms with Crippen molar-refractivity contribution < 1.29 is 29.9 Å². The van der Waals surface area contributed by atoms with E-state index >= 15 is 0 Å². The van der Waals surface area contributed by atoms with Gasteiger partial charge < -0.3 is 4.74 Å². The number of nitrogens with zero attached hydrogens (tertiary/aromatic N) is 4. The van der Waals surface area contributed by atoms with Crippen molar-refractivity contribution in [2.75, 3.05) is 35.3 Å². The molecule has 0 unspecified atom stereocenters. The van der Waals surface area contributed by atoms with Gasteiger partial charge in [0.1, 0.15) is 5.75 Å². The molecule has 0 aliphatic carbocycles. The van der Waals surface area contributed by atoms with E-state index in [-0.39, 0.29) is 0 Å². The molecule has 0 spiro atoms. The van der Waals surface area contributed by atoms with Crippen molar-refractivity contribution in [3.63, 3.8) is 0 Å². The first-order valence-corrected chi connectivity index (χ1v) is 12.9. The molecule has 0 bridgehead atoms. The molecule has 2 N–H and O–H groups in total. The van der Waals surface area contributed by atoms with E-state index in [9.17, 15) is 25.2 Å². The minimum atomic E-state index is -10.7. The molecule has 0 saturated heterocycles. The summed E-state index contributed by atoms with van der Waals surface area (Å²) >= 11 is 0. The number of rotatable bonds is 3. The molecule has 1 aliphatic rings. The average Bonchev–Trinajstić information content (AvgIpc) is 3.10. The van der Waals surface area contributed by atoms with E-state index in [0.717, 1.165) is 22.6 Å². The van der Waals surface area contributed by atoms with E-state index in [2.05, 4.69) is 40.2 Å². The Kier molecular flexibility index (Phi) is 12.1. The van der Waals surface area contributed by atoms with Gasteiger partial charge in [-0.1, -0.05) is 41.5 Å². The average molecular weight is 568 g/mol. The zero-order valence-electron chi connectivity index (χ0n) is 22.5. The van der Waals surface area contributed by atoms with E-state index < -0.39 is 7.81 Å². The first kappa shape index (κ1) is 34.5. The zero-order chi connectivity index (χ0) is 29.8. The van der Waals surface area contributed by atoms with Crippen LogP contribution in [0.4, 0.5) is 25.2 Å². The summed E-state index contributed by atoms with van der Waals surface area (Å²) in [6, 6.07) is 12.2. The van der Waals surface area contributed by atoms with Gasteiger partial charge in [0, 0.05) is 38.5 Å². The molecule has 0 radical (unpaired) electrons. The van der Waals surface area contributed by atoms with Gasteiger partial charge in [0.15, 0.2) is 0 Å². The van der Waals surface area contributed by atoms with Crippen LogP contribution >= 0.6 is 7.81 Å². The summed E-state index contributed by atoms with van der Waals surface area (Å²) in [6.45, 7) is 6.15. The Labute approximate surface area is 219 Å². The van der Waals surface area contributed by atoms with Crippen LogP contribution in [0.15, 0.2) is 52.9 Å². The fourth-order valence-electron chi connectivity index (χ4n) is 3.10. The Hall–Kier alpha value is -3.49. The van der Waals surface area contributed by atoms with E-state index in [1.54, 1.807) is 21.2 Å². The third kappa shape index (κ3) is 14.9. The van der Waals surface area contributed by atoms with Gasteiger partial charge in [-0.25, -0.2) is 0 Å². The molecule has 0 atom stereocenters. The molecule has 7 nitrogen and oxygen atoms in total. The Morgan fingerprint density at radius 2 is 1.42 bits per heavy atom. The van der Waals surface area contributed by atoms with Crippen LogP contribution in [-0.2, 0) is 0 Å². The zero-order valence-corrected chi connectivity index (χ0v) is 23.4. The number of nitrogens with one attached hydrogen (secondary N) is 2. The van der Waals surface area contributed by atoms with Crippen LogP contribution in [0.2, 0.25) is 0 Å². The number of hydrogen-bond acceptors (Lipinski definition) is 6. The van der Waals surface area contributed by atoms with E-state index in [0.29, 0.717) is 0 Å². The number of methoxy groups -OCH3 is 1. The topological polar surface area (TPSA) is 64.5 Å². The van der Waals surface area contributed by atoms with Crippen LogP contribution in [-0.4, -0.2) is 45.3 Å². The quantitative estimate of drug-likeness (QED) is 0.133. The SMILES string of the molecule is C#Cc1c(C)cccc1C.CN=NNC.COc1cccc(C)c1C1=CN(C)NN1C.F[P-](F)(F)(F)(F)F. The number of terminal acetylenes is 1. The fourth-order valence-corrected chi connectivity index (χ4v) is 3.10. The van der Waals surface area contributed by atoms with Crippen LogP contribution in [0.1, 0.15) is 27.8 Å². The van der Waals surface area contributed by atoms with Crippen molar-refractivity contribution in [3.05, 3.63) is 70.4 Å². The number of aryl methyl sites for hydroxylation is 3. The van der Waals surface area contributed by atoms with Crippen molar-refractivity contribution in [2.45, 2.75) is 20.8 Å². The fraction of sp³-hybridized carbons (Fsp3) is 0.333. The van der Waals surface area contributed by atoms with Crippen LogP contribution in [0.25, 0.3) is 5.70 Å². The Morgan fingerprint density at radius 3 is 1.74 bits per heavy atom. The van der Waals surface area contributed by atoms with E-state index in [4.69, 9.17) is 11.2 Å². The maximum absolute atomic E-state index is 10.7. The third-order valence-electron chi connectivity index (χ3n) is 4.52. The summed E-state index contributed by atoms with van der Waals surface area (Å²) in [5, 5.41) is 10.6. The first-order valence-electron chi connectivity index (χ1n) is 10.9. The van der Waals surface area contributed by atoms with Gasteiger partial charge >= 0.3 is 33.0 Å². The predicted octanol–water partition coefficient (Wildman–Crippen LogP) is 7.47. The Bertz CT molecular complexity index is 1130. The van der Waals surface area contributed by atoms with Crippen molar-refractivity contribution in [2.24, 2.45) is 10.3 Å². The molecular formula is C24H34F6N6OP-. The molecule has 3 rings (SSSR count). The summed E-state index contributed by atoms with van der Waals surface area (Å²) in [7, 11) is -1.70. The standard InChI is InChI=1S/C12H17N3O.C10H10.C2H7N3.F6P/c1-9-6-5-7-11(16-4)12(9)10-8-14(2)13-15(10)3;1-4-10-8(2)6-5-7-9(10)3;1-3-5-4-2;1-7(2,3,4,5)6/h5-8,13H,1-4H3;1,5-7H,2-3H3;1-2H3,(H,3,4);/q;;;-1. The predicted molar refractivity (Wildman–Crippen MR) is 142 cm³/mol. The van der Waals surface area contributed by atoms with Gasteiger partial charge in [-0.15, -0.1) is 12.0 Å². The second-order valence-corrected chi connectivity index (χ2v) is 9.75. The molecule has 0 amide bonds. The van der Waals surface area contributed by atoms with Gasteiger partial charge in [-0.2, -0.15) is 5.11 Å². The van der Waals surface area contributed by atoms with Crippen molar-refractivity contribution in [3.8, 4) is 18.1 Å². The van der Waals surface area contributed by atoms with Crippen molar-refractivity contribution >= 4 is 13.5 Å². The Morgan fingerprint density at radius 1 is 0.947 bits per heavy atom. The normalized spacial score (nSPS) is 14.3. The van der Waals surface area contributed by atoms with E-state index in [1.807, 2.05) is 74.5 Å². The maximum atomic E-state index is 9.87. The van der Waals surface area contributed by atoms with Crippen LogP contribution in [0, 0.1) is 33.1 Å². The summed E-state index contributed by atoms with van der Waals surface area (Å²) in [5.41, 5.74) is 12.5. The number of ether oxygens (including phenoxy) is 1. The first-order chi connectivity index (χ1) is 17.2. The number of hydrazine groups is 2. The number of benzene rings is 2. The van der Waals surface area contributed by atoms with Crippen molar-refractivity contribution in [1.82, 2.24) is 21.0 Å². The minimum absolute atomic E-state index is 0.898. The molecule has 0 saturated carbocycles. The Balaban J connectivity index is 0.000000535. The molecule has 1 aliphatic heterocycles. The summed E-state index contributed by atoms with van der Waals surface area (Å²) in [4.78, 5) is 0. The van der Waals surface area contributed by atoms with Gasteiger partial charge in [-0.05, 0) is 43.5 Å². The molecule has 2 aromatic rings. The second-order valence-electron chi connectivity index (χ2n) is 7.83. The molecule has 0 fully saturated rings. The molecule has 1 heterocycles. The second kappa shape index (κ2) is 13.3. The van der Waals surface area contributed by atoms with Gasteiger partial charge in [0.05, 0.1) is 19.9 Å². The van der Waals surface area contributed by atoms with Gasteiger partial charge in [0.2, 0.25) is 0 Å².